The van der Waals surface area contributed by atoms with E-state index in [2.05, 4.69) is 60.7 Å². The maximum Gasteiger partial charge on any atom is 0.253 e. The molecule has 1 amide bonds. The fourth-order valence-corrected chi connectivity index (χ4v) is 2.97. The topological polar surface area (TPSA) is 56.7 Å². The highest BCUT2D eigenvalue weighted by Crippen LogP contribution is 2.22. The molecule has 2 rings (SSSR count). The third kappa shape index (κ3) is 6.93. The van der Waals surface area contributed by atoms with Gasteiger partial charge in [0, 0.05) is 39.8 Å². The Balaban J connectivity index is 1.84. The van der Waals surface area contributed by atoms with Crippen molar-refractivity contribution in [1.29, 1.82) is 0 Å². The highest BCUT2D eigenvalue weighted by Gasteiger charge is 2.12. The quantitative estimate of drug-likeness (QED) is 0.581. The lowest BCUT2D eigenvalue weighted by molar-refractivity contribution is 0.0827. The summed E-state index contributed by atoms with van der Waals surface area (Å²) < 4.78 is 0. The van der Waals surface area contributed by atoms with Crippen molar-refractivity contribution in [3.63, 3.8) is 0 Å². The lowest BCUT2D eigenvalue weighted by Gasteiger charge is -2.19. The summed E-state index contributed by atoms with van der Waals surface area (Å²) in [5.74, 6) is 0.792. The Kier molecular flexibility index (Phi) is 7.82. The first kappa shape index (κ1) is 22.5. The second-order valence-electron chi connectivity index (χ2n) is 8.45. The molecule has 0 unspecified atom stereocenters. The molecule has 29 heavy (non-hydrogen) atoms. The van der Waals surface area contributed by atoms with E-state index in [0.29, 0.717) is 5.56 Å². The molecular weight excluding hydrogens is 360 g/mol. The first-order valence-electron chi connectivity index (χ1n) is 10.0. The largest absolute Gasteiger partial charge is 0.356 e. The van der Waals surface area contributed by atoms with E-state index in [0.717, 1.165) is 31.0 Å². The van der Waals surface area contributed by atoms with Crippen LogP contribution in [0.25, 0.3) is 0 Å². The lowest BCUT2D eigenvalue weighted by atomic mass is 9.87. The van der Waals surface area contributed by atoms with Crippen LogP contribution < -0.4 is 10.6 Å². The SMILES string of the molecule is CN=C(NCCc1cccc(C(=O)N(C)C)c1)NCc1ccc(C(C)(C)C)cc1. The zero-order valence-corrected chi connectivity index (χ0v) is 18.5. The van der Waals surface area contributed by atoms with Crippen molar-refractivity contribution >= 4 is 11.9 Å². The van der Waals surface area contributed by atoms with Crippen molar-refractivity contribution in [1.82, 2.24) is 15.5 Å². The van der Waals surface area contributed by atoms with E-state index in [4.69, 9.17) is 0 Å². The Labute approximate surface area is 175 Å². The highest BCUT2D eigenvalue weighted by atomic mass is 16.2. The highest BCUT2D eigenvalue weighted by molar-refractivity contribution is 5.94. The number of hydrogen-bond donors (Lipinski definition) is 2. The molecule has 2 aromatic carbocycles. The molecule has 5 nitrogen and oxygen atoms in total. The molecule has 0 fully saturated rings. The molecule has 0 bridgehead atoms. The van der Waals surface area contributed by atoms with Crippen molar-refractivity contribution in [2.24, 2.45) is 4.99 Å². The first-order valence-corrected chi connectivity index (χ1v) is 10.0. The number of guanidine groups is 1. The Hall–Kier alpha value is -2.82. The van der Waals surface area contributed by atoms with Crippen LogP contribution in [0.3, 0.4) is 0 Å². The predicted molar refractivity (Wildman–Crippen MR) is 122 cm³/mol. The van der Waals surface area contributed by atoms with Gasteiger partial charge >= 0.3 is 0 Å². The second-order valence-corrected chi connectivity index (χ2v) is 8.45. The predicted octanol–water partition coefficient (Wildman–Crippen LogP) is 3.59. The van der Waals surface area contributed by atoms with Crippen molar-refractivity contribution in [3.8, 4) is 0 Å². The molecule has 0 atom stereocenters. The van der Waals surface area contributed by atoms with Crippen LogP contribution in [-0.4, -0.2) is 44.5 Å². The summed E-state index contributed by atoms with van der Waals surface area (Å²) in [4.78, 5) is 18.0. The number of aliphatic imine (C=N–C) groups is 1. The molecule has 0 saturated carbocycles. The number of hydrogen-bond acceptors (Lipinski definition) is 2. The first-order chi connectivity index (χ1) is 13.7. The van der Waals surface area contributed by atoms with Crippen LogP contribution in [0.2, 0.25) is 0 Å². The van der Waals surface area contributed by atoms with E-state index < -0.39 is 0 Å². The van der Waals surface area contributed by atoms with E-state index in [-0.39, 0.29) is 11.3 Å². The number of nitrogens with one attached hydrogen (secondary N) is 2. The Morgan fingerprint density at radius 2 is 1.69 bits per heavy atom. The minimum atomic E-state index is 0.0229. The molecule has 156 valence electrons. The summed E-state index contributed by atoms with van der Waals surface area (Å²) in [5.41, 5.74) is 4.56. The maximum absolute atomic E-state index is 12.1. The van der Waals surface area contributed by atoms with Crippen LogP contribution in [0.15, 0.2) is 53.5 Å². The molecule has 0 saturated heterocycles. The van der Waals surface area contributed by atoms with Crippen LogP contribution in [0.4, 0.5) is 0 Å². The second kappa shape index (κ2) is 10.1. The summed E-state index contributed by atoms with van der Waals surface area (Å²) in [6, 6.07) is 16.5. The number of benzene rings is 2. The van der Waals surface area contributed by atoms with Crippen molar-refractivity contribution in [3.05, 3.63) is 70.8 Å². The molecule has 0 aliphatic carbocycles. The molecule has 0 spiro atoms. The van der Waals surface area contributed by atoms with Crippen LogP contribution in [-0.2, 0) is 18.4 Å². The van der Waals surface area contributed by atoms with E-state index in [1.165, 1.54) is 11.1 Å². The fourth-order valence-electron chi connectivity index (χ4n) is 2.97. The molecular formula is C24H34N4O. The summed E-state index contributed by atoms with van der Waals surface area (Å²) >= 11 is 0. The minimum Gasteiger partial charge on any atom is -0.356 e. The van der Waals surface area contributed by atoms with Crippen LogP contribution >= 0.6 is 0 Å². The molecule has 0 aromatic heterocycles. The average molecular weight is 395 g/mol. The molecule has 0 aliphatic heterocycles. The van der Waals surface area contributed by atoms with Gasteiger partial charge in [0.05, 0.1) is 0 Å². The fraction of sp³-hybridized carbons (Fsp3) is 0.417. The van der Waals surface area contributed by atoms with E-state index >= 15 is 0 Å². The van der Waals surface area contributed by atoms with Crippen LogP contribution in [0.1, 0.15) is 47.8 Å². The summed E-state index contributed by atoms with van der Waals surface area (Å²) in [7, 11) is 5.31. The maximum atomic E-state index is 12.1. The van der Waals surface area contributed by atoms with Gasteiger partial charge in [-0.2, -0.15) is 0 Å². The monoisotopic (exact) mass is 394 g/mol. The van der Waals surface area contributed by atoms with Crippen LogP contribution in [0, 0.1) is 0 Å². The van der Waals surface area contributed by atoms with Gasteiger partial charge in [-0.1, -0.05) is 57.2 Å². The van der Waals surface area contributed by atoms with Crippen molar-refractivity contribution < 1.29 is 4.79 Å². The molecule has 2 N–H and O–H groups in total. The third-order valence-corrected chi connectivity index (χ3v) is 4.79. The number of rotatable bonds is 6. The standard InChI is InChI=1S/C24H34N4O/c1-24(2,3)21-12-10-19(11-13-21)17-27-23(25-4)26-15-14-18-8-7-9-20(16-18)22(29)28(5)6/h7-13,16H,14-15,17H2,1-6H3,(H2,25,26,27). The molecule has 5 heteroatoms. The summed E-state index contributed by atoms with van der Waals surface area (Å²) in [5, 5.41) is 6.69. The smallest absolute Gasteiger partial charge is 0.253 e. The van der Waals surface area contributed by atoms with Gasteiger partial charge in [-0.25, -0.2) is 0 Å². The van der Waals surface area contributed by atoms with Gasteiger partial charge < -0.3 is 15.5 Å². The lowest BCUT2D eigenvalue weighted by Crippen LogP contribution is -2.37. The Morgan fingerprint density at radius 3 is 2.28 bits per heavy atom. The minimum absolute atomic E-state index is 0.0229. The zero-order valence-electron chi connectivity index (χ0n) is 18.5. The molecule has 0 aliphatic rings. The van der Waals surface area contributed by atoms with Crippen molar-refractivity contribution in [2.45, 2.75) is 39.2 Å². The van der Waals surface area contributed by atoms with Gasteiger partial charge in [0.15, 0.2) is 5.96 Å². The van der Waals surface area contributed by atoms with E-state index in [9.17, 15) is 4.79 Å². The number of nitrogens with zero attached hydrogens (tertiary/aromatic N) is 2. The number of carbonyl (C=O) groups is 1. The van der Waals surface area contributed by atoms with Crippen molar-refractivity contribution in [2.75, 3.05) is 27.7 Å². The van der Waals surface area contributed by atoms with E-state index in [1.54, 1.807) is 26.0 Å². The molecule has 2 aromatic rings. The van der Waals surface area contributed by atoms with Crippen LogP contribution in [0.5, 0.6) is 0 Å². The third-order valence-electron chi connectivity index (χ3n) is 4.79. The average Bonchev–Trinajstić information content (AvgIpc) is 2.69. The van der Waals surface area contributed by atoms with E-state index in [1.807, 2.05) is 24.3 Å². The molecule has 0 heterocycles. The van der Waals surface area contributed by atoms with Gasteiger partial charge in [-0.05, 0) is 40.7 Å². The van der Waals surface area contributed by atoms with Gasteiger partial charge in [-0.15, -0.1) is 0 Å². The molecule has 0 radical (unpaired) electrons. The zero-order chi connectivity index (χ0) is 21.4. The van der Waals surface area contributed by atoms with Gasteiger partial charge in [-0.3, -0.25) is 9.79 Å². The number of amides is 1. The normalized spacial score (nSPS) is 11.9. The van der Waals surface area contributed by atoms with Gasteiger partial charge in [0.25, 0.3) is 5.91 Å². The Bertz CT molecular complexity index is 833. The summed E-state index contributed by atoms with van der Waals surface area (Å²) in [6.45, 7) is 8.12. The number of carbonyl (C=O) groups excluding carboxylic acids is 1. The van der Waals surface area contributed by atoms with Gasteiger partial charge in [0.1, 0.15) is 0 Å². The van der Waals surface area contributed by atoms with Gasteiger partial charge in [0.2, 0.25) is 0 Å². The summed E-state index contributed by atoms with van der Waals surface area (Å²) in [6.07, 6.45) is 0.815. The Morgan fingerprint density at radius 1 is 1.00 bits per heavy atom.